The Morgan fingerprint density at radius 1 is 1.42 bits per heavy atom. The fourth-order valence-electron chi connectivity index (χ4n) is 1.81. The Bertz CT molecular complexity index is 530. The molecule has 2 aromatic heterocycles. The molecule has 0 aromatic carbocycles. The van der Waals surface area contributed by atoms with Crippen LogP contribution >= 0.6 is 22.9 Å². The summed E-state index contributed by atoms with van der Waals surface area (Å²) in [6.45, 7) is 7.44. The number of nitrogens with one attached hydrogen (secondary N) is 1. The van der Waals surface area contributed by atoms with Crippen molar-refractivity contribution in [2.24, 2.45) is 5.92 Å². The van der Waals surface area contributed by atoms with Crippen LogP contribution in [0.3, 0.4) is 0 Å². The van der Waals surface area contributed by atoms with Gasteiger partial charge in [-0.1, -0.05) is 13.8 Å². The number of nitrogens with zero attached hydrogens (tertiary/aromatic N) is 2. The normalized spacial score (nSPS) is 11.2. The van der Waals surface area contributed by atoms with Crippen molar-refractivity contribution in [1.82, 2.24) is 9.36 Å². The van der Waals surface area contributed by atoms with Crippen LogP contribution in [0.2, 0.25) is 0 Å². The van der Waals surface area contributed by atoms with Gasteiger partial charge in [0.1, 0.15) is 15.8 Å². The summed E-state index contributed by atoms with van der Waals surface area (Å²) in [5, 5.41) is 7.47. The predicted molar refractivity (Wildman–Crippen MR) is 84.9 cm³/mol. The highest BCUT2D eigenvalue weighted by molar-refractivity contribution is 7.15. The lowest BCUT2D eigenvalue weighted by atomic mass is 10.1. The Labute approximate surface area is 122 Å². The van der Waals surface area contributed by atoms with Gasteiger partial charge in [0.15, 0.2) is 0 Å². The molecule has 0 atom stereocenters. The molecule has 0 saturated carbocycles. The third-order valence-corrected chi connectivity index (χ3v) is 4.59. The van der Waals surface area contributed by atoms with Crippen molar-refractivity contribution in [3.63, 3.8) is 0 Å². The molecule has 0 fully saturated rings. The highest BCUT2D eigenvalue weighted by Crippen LogP contribution is 2.38. The summed E-state index contributed by atoms with van der Waals surface area (Å²) in [6, 6.07) is 0. The van der Waals surface area contributed by atoms with Gasteiger partial charge in [0.2, 0.25) is 0 Å². The monoisotopic (exact) mass is 296 g/mol. The van der Waals surface area contributed by atoms with E-state index in [1.54, 1.807) is 11.3 Å². The number of nitrogens with two attached hydrogens (primary N) is 1. The first-order chi connectivity index (χ1) is 9.08. The molecule has 2 aromatic rings. The van der Waals surface area contributed by atoms with Crippen LogP contribution in [0.25, 0.3) is 10.6 Å². The Balaban J connectivity index is 2.06. The van der Waals surface area contributed by atoms with E-state index in [0.29, 0.717) is 5.82 Å². The third-order valence-electron chi connectivity index (χ3n) is 2.80. The minimum Gasteiger partial charge on any atom is -0.382 e. The van der Waals surface area contributed by atoms with Gasteiger partial charge in [0, 0.05) is 17.6 Å². The molecule has 0 unspecified atom stereocenters. The standard InChI is InChI=1S/C13H20N4S2/c1-8(2)5-4-6-15-12-10(11(14)17-19-12)13-16-9(3)7-18-13/h7-8,15H,4-6H2,1-3H3,(H2,14,17). The number of hydrogen-bond acceptors (Lipinski definition) is 6. The Morgan fingerprint density at radius 2 is 2.21 bits per heavy atom. The first kappa shape index (κ1) is 14.3. The van der Waals surface area contributed by atoms with E-state index in [4.69, 9.17) is 5.73 Å². The minimum atomic E-state index is 0.575. The topological polar surface area (TPSA) is 63.8 Å². The molecule has 6 heteroatoms. The molecule has 0 radical (unpaired) electrons. The molecular weight excluding hydrogens is 276 g/mol. The van der Waals surface area contributed by atoms with E-state index in [9.17, 15) is 0 Å². The lowest BCUT2D eigenvalue weighted by Gasteiger charge is -2.07. The predicted octanol–water partition coefficient (Wildman–Crippen LogP) is 4.01. The molecule has 0 spiro atoms. The van der Waals surface area contributed by atoms with E-state index in [2.05, 4.69) is 28.5 Å². The summed E-state index contributed by atoms with van der Waals surface area (Å²) in [4.78, 5) is 4.50. The number of aryl methyl sites for hydroxylation is 1. The van der Waals surface area contributed by atoms with Crippen molar-refractivity contribution < 1.29 is 0 Å². The summed E-state index contributed by atoms with van der Waals surface area (Å²) in [6.07, 6.45) is 2.39. The third kappa shape index (κ3) is 3.67. The molecule has 104 valence electrons. The van der Waals surface area contributed by atoms with Crippen molar-refractivity contribution in [1.29, 1.82) is 0 Å². The number of rotatable bonds is 6. The summed E-state index contributed by atoms with van der Waals surface area (Å²) in [5.74, 6) is 1.32. The van der Waals surface area contributed by atoms with Gasteiger partial charge >= 0.3 is 0 Å². The molecule has 0 amide bonds. The van der Waals surface area contributed by atoms with Crippen molar-refractivity contribution in [2.75, 3.05) is 17.6 Å². The Kier molecular flexibility index (Phi) is 4.76. The Morgan fingerprint density at radius 3 is 2.84 bits per heavy atom. The molecule has 19 heavy (non-hydrogen) atoms. The highest BCUT2D eigenvalue weighted by Gasteiger charge is 2.16. The van der Waals surface area contributed by atoms with Gasteiger partial charge in [-0.3, -0.25) is 0 Å². The molecular formula is C13H20N4S2. The van der Waals surface area contributed by atoms with E-state index < -0.39 is 0 Å². The number of aromatic nitrogens is 2. The van der Waals surface area contributed by atoms with Crippen molar-refractivity contribution >= 4 is 33.7 Å². The quantitative estimate of drug-likeness (QED) is 0.791. The summed E-state index contributed by atoms with van der Waals surface area (Å²) < 4.78 is 4.24. The summed E-state index contributed by atoms with van der Waals surface area (Å²) >= 11 is 3.03. The van der Waals surface area contributed by atoms with Crippen LogP contribution in [0.4, 0.5) is 10.8 Å². The number of thiazole rings is 1. The average molecular weight is 296 g/mol. The van der Waals surface area contributed by atoms with Crippen LogP contribution in [0.5, 0.6) is 0 Å². The number of nitrogen functional groups attached to an aromatic ring is 1. The Hall–Kier alpha value is -1.14. The zero-order valence-electron chi connectivity index (χ0n) is 11.6. The number of anilines is 2. The summed E-state index contributed by atoms with van der Waals surface area (Å²) in [5.41, 5.74) is 7.95. The molecule has 0 aliphatic carbocycles. The second-order valence-corrected chi connectivity index (χ2v) is 6.66. The second-order valence-electron chi connectivity index (χ2n) is 5.03. The van der Waals surface area contributed by atoms with Crippen LogP contribution in [0.1, 0.15) is 32.4 Å². The van der Waals surface area contributed by atoms with Gasteiger partial charge in [-0.2, -0.15) is 4.37 Å². The van der Waals surface area contributed by atoms with E-state index in [0.717, 1.165) is 40.1 Å². The minimum absolute atomic E-state index is 0.575. The molecule has 0 aliphatic heterocycles. The fourth-order valence-corrected chi connectivity index (χ4v) is 3.47. The van der Waals surface area contributed by atoms with E-state index in [1.807, 2.05) is 12.3 Å². The zero-order chi connectivity index (χ0) is 13.8. The van der Waals surface area contributed by atoms with Crippen molar-refractivity contribution in [3.05, 3.63) is 11.1 Å². The van der Waals surface area contributed by atoms with E-state index >= 15 is 0 Å². The zero-order valence-corrected chi connectivity index (χ0v) is 13.2. The fraction of sp³-hybridized carbons (Fsp3) is 0.538. The molecule has 0 bridgehead atoms. The molecule has 2 rings (SSSR count). The molecule has 3 N–H and O–H groups in total. The van der Waals surface area contributed by atoms with Gasteiger partial charge in [-0.05, 0) is 37.2 Å². The van der Waals surface area contributed by atoms with Crippen LogP contribution < -0.4 is 11.1 Å². The molecule has 4 nitrogen and oxygen atoms in total. The van der Waals surface area contributed by atoms with Crippen molar-refractivity contribution in [3.8, 4) is 10.6 Å². The van der Waals surface area contributed by atoms with Gasteiger partial charge in [-0.25, -0.2) is 4.98 Å². The van der Waals surface area contributed by atoms with Gasteiger partial charge in [-0.15, -0.1) is 11.3 Å². The average Bonchev–Trinajstić information content (AvgIpc) is 2.91. The maximum atomic E-state index is 5.96. The molecule has 0 saturated heterocycles. The first-order valence-corrected chi connectivity index (χ1v) is 8.14. The van der Waals surface area contributed by atoms with Crippen LogP contribution in [-0.2, 0) is 0 Å². The van der Waals surface area contributed by atoms with Crippen molar-refractivity contribution in [2.45, 2.75) is 33.6 Å². The van der Waals surface area contributed by atoms with Crippen LogP contribution in [0.15, 0.2) is 5.38 Å². The van der Waals surface area contributed by atoms with E-state index in [-0.39, 0.29) is 0 Å². The maximum Gasteiger partial charge on any atom is 0.149 e. The van der Waals surface area contributed by atoms with Gasteiger partial charge in [0.25, 0.3) is 0 Å². The molecule has 0 aliphatic rings. The largest absolute Gasteiger partial charge is 0.382 e. The summed E-state index contributed by atoms with van der Waals surface area (Å²) in [7, 11) is 0. The van der Waals surface area contributed by atoms with E-state index in [1.165, 1.54) is 18.0 Å². The maximum absolute atomic E-state index is 5.96. The van der Waals surface area contributed by atoms with Crippen LogP contribution in [-0.4, -0.2) is 15.9 Å². The van der Waals surface area contributed by atoms with Crippen LogP contribution in [0, 0.1) is 12.8 Å². The van der Waals surface area contributed by atoms with Gasteiger partial charge in [0.05, 0.1) is 5.56 Å². The molecule has 2 heterocycles. The SMILES string of the molecule is Cc1csc(-c2c(N)nsc2NCCCC(C)C)n1. The lowest BCUT2D eigenvalue weighted by Crippen LogP contribution is -2.03. The first-order valence-electron chi connectivity index (χ1n) is 6.49. The highest BCUT2D eigenvalue weighted by atomic mass is 32.1. The van der Waals surface area contributed by atoms with Gasteiger partial charge < -0.3 is 11.1 Å². The second kappa shape index (κ2) is 6.34. The lowest BCUT2D eigenvalue weighted by molar-refractivity contribution is 0.567. The smallest absolute Gasteiger partial charge is 0.149 e. The number of hydrogen-bond donors (Lipinski definition) is 2.